The predicted molar refractivity (Wildman–Crippen MR) is 142 cm³/mol. The highest BCUT2D eigenvalue weighted by Crippen LogP contribution is 2.40. The van der Waals surface area contributed by atoms with Crippen LogP contribution in [0.5, 0.6) is 0 Å². The first-order valence-corrected chi connectivity index (χ1v) is 13.3. The van der Waals surface area contributed by atoms with Crippen molar-refractivity contribution in [1.29, 1.82) is 0 Å². The fourth-order valence-corrected chi connectivity index (χ4v) is 5.93. The van der Waals surface area contributed by atoms with Crippen molar-refractivity contribution < 1.29 is 0 Å². The van der Waals surface area contributed by atoms with Gasteiger partial charge < -0.3 is 0 Å². The Labute approximate surface area is 200 Å². The van der Waals surface area contributed by atoms with E-state index < -0.39 is 0 Å². The summed E-state index contributed by atoms with van der Waals surface area (Å²) in [7, 11) is 0. The zero-order valence-corrected chi connectivity index (χ0v) is 22.2. The van der Waals surface area contributed by atoms with Crippen LogP contribution in [0.25, 0.3) is 21.5 Å². The van der Waals surface area contributed by atoms with Crippen LogP contribution in [-0.4, -0.2) is 0 Å². The molecule has 0 saturated heterocycles. The molecule has 0 radical (unpaired) electrons. The van der Waals surface area contributed by atoms with Gasteiger partial charge in [-0.05, 0) is 101 Å². The standard InChI is InChI=1S/C28H36Br2/c1-5-7-9-19(3)15-21-11-13-23-25(17-21)28(30)26-18-22(12-14-24(26)27(23)29)16-20(4)10-8-6-2/h11-14,17-20H,5-10,15-16H2,1-4H3. The van der Waals surface area contributed by atoms with E-state index in [1.165, 1.54) is 80.1 Å². The smallest absolute Gasteiger partial charge is 0.0333 e. The van der Waals surface area contributed by atoms with Gasteiger partial charge in [0, 0.05) is 8.95 Å². The second-order valence-corrected chi connectivity index (χ2v) is 10.9. The molecule has 0 aliphatic rings. The molecule has 162 valence electrons. The maximum absolute atomic E-state index is 3.98. The van der Waals surface area contributed by atoms with Gasteiger partial charge in [0.1, 0.15) is 0 Å². The monoisotopic (exact) mass is 530 g/mol. The highest BCUT2D eigenvalue weighted by Gasteiger charge is 2.14. The Balaban J connectivity index is 1.96. The largest absolute Gasteiger partial charge is 0.0654 e. The van der Waals surface area contributed by atoms with Gasteiger partial charge in [0.05, 0.1) is 0 Å². The lowest BCUT2D eigenvalue weighted by Crippen LogP contribution is -2.00. The van der Waals surface area contributed by atoms with Gasteiger partial charge in [-0.3, -0.25) is 0 Å². The normalized spacial score (nSPS) is 13.8. The van der Waals surface area contributed by atoms with Crippen molar-refractivity contribution in [1.82, 2.24) is 0 Å². The zero-order chi connectivity index (χ0) is 21.7. The average molecular weight is 532 g/mol. The van der Waals surface area contributed by atoms with Gasteiger partial charge in [-0.25, -0.2) is 0 Å². The lowest BCUT2D eigenvalue weighted by atomic mass is 9.92. The van der Waals surface area contributed by atoms with Gasteiger partial charge in [-0.1, -0.05) is 90.5 Å². The van der Waals surface area contributed by atoms with Crippen molar-refractivity contribution in [3.63, 3.8) is 0 Å². The second-order valence-electron chi connectivity index (χ2n) is 9.29. The Bertz CT molecular complexity index is 912. The van der Waals surface area contributed by atoms with Crippen molar-refractivity contribution in [2.75, 3.05) is 0 Å². The second kappa shape index (κ2) is 11.1. The van der Waals surface area contributed by atoms with E-state index in [1.807, 2.05) is 0 Å². The van der Waals surface area contributed by atoms with Crippen LogP contribution in [0, 0.1) is 11.8 Å². The first kappa shape index (κ1) is 23.8. The van der Waals surface area contributed by atoms with E-state index in [-0.39, 0.29) is 0 Å². The molecule has 30 heavy (non-hydrogen) atoms. The van der Waals surface area contributed by atoms with Gasteiger partial charge in [0.2, 0.25) is 0 Å². The van der Waals surface area contributed by atoms with Crippen molar-refractivity contribution in [2.24, 2.45) is 11.8 Å². The molecular weight excluding hydrogens is 496 g/mol. The number of hydrogen-bond donors (Lipinski definition) is 0. The molecule has 2 unspecified atom stereocenters. The van der Waals surface area contributed by atoms with Crippen LogP contribution in [0.2, 0.25) is 0 Å². The van der Waals surface area contributed by atoms with Crippen LogP contribution in [0.15, 0.2) is 45.3 Å². The molecule has 0 spiro atoms. The minimum atomic E-state index is 0.737. The van der Waals surface area contributed by atoms with E-state index in [9.17, 15) is 0 Å². The van der Waals surface area contributed by atoms with E-state index in [0.717, 1.165) is 24.7 Å². The molecule has 0 aliphatic carbocycles. The average Bonchev–Trinajstić information content (AvgIpc) is 2.74. The number of benzene rings is 3. The third-order valence-corrected chi connectivity index (χ3v) is 8.09. The summed E-state index contributed by atoms with van der Waals surface area (Å²) in [6.45, 7) is 9.33. The highest BCUT2D eigenvalue weighted by molar-refractivity contribution is 9.11. The summed E-state index contributed by atoms with van der Waals surface area (Å²) < 4.78 is 2.45. The molecule has 3 aromatic carbocycles. The van der Waals surface area contributed by atoms with Crippen molar-refractivity contribution >= 4 is 53.4 Å². The van der Waals surface area contributed by atoms with Crippen LogP contribution in [0.1, 0.15) is 77.3 Å². The van der Waals surface area contributed by atoms with Gasteiger partial charge in [-0.15, -0.1) is 0 Å². The molecule has 0 aliphatic heterocycles. The van der Waals surface area contributed by atoms with Crippen LogP contribution in [0.3, 0.4) is 0 Å². The molecule has 0 saturated carbocycles. The Kier molecular flexibility index (Phi) is 8.83. The third kappa shape index (κ3) is 5.68. The number of halogens is 2. The molecule has 0 bridgehead atoms. The molecule has 0 N–H and O–H groups in total. The van der Waals surface area contributed by atoms with Crippen molar-refractivity contribution in [3.05, 3.63) is 56.5 Å². The van der Waals surface area contributed by atoms with Gasteiger partial charge in [0.15, 0.2) is 0 Å². The molecule has 0 fully saturated rings. The summed E-state index contributed by atoms with van der Waals surface area (Å²) >= 11 is 7.90. The van der Waals surface area contributed by atoms with E-state index >= 15 is 0 Å². The first-order valence-electron chi connectivity index (χ1n) is 11.8. The summed E-state index contributed by atoms with van der Waals surface area (Å²) in [5.74, 6) is 1.47. The highest BCUT2D eigenvalue weighted by atomic mass is 79.9. The predicted octanol–water partition coefficient (Wildman–Crippen LogP) is 10.3. The quantitative estimate of drug-likeness (QED) is 0.228. The Morgan fingerprint density at radius 2 is 1.03 bits per heavy atom. The Hall–Kier alpha value is -0.860. The molecule has 3 aromatic rings. The minimum absolute atomic E-state index is 0.737. The summed E-state index contributed by atoms with van der Waals surface area (Å²) in [4.78, 5) is 0. The topological polar surface area (TPSA) is 0 Å². The maximum Gasteiger partial charge on any atom is 0.0333 e. The number of rotatable bonds is 10. The van der Waals surface area contributed by atoms with Crippen LogP contribution in [-0.2, 0) is 12.8 Å². The number of fused-ring (bicyclic) bond motifs is 2. The first-order chi connectivity index (χ1) is 14.4. The van der Waals surface area contributed by atoms with Gasteiger partial charge >= 0.3 is 0 Å². The zero-order valence-electron chi connectivity index (χ0n) is 19.0. The summed E-state index contributed by atoms with van der Waals surface area (Å²) in [5, 5.41) is 5.24. The van der Waals surface area contributed by atoms with Gasteiger partial charge in [-0.2, -0.15) is 0 Å². The van der Waals surface area contributed by atoms with E-state index in [2.05, 4.69) is 96.0 Å². The number of unbranched alkanes of at least 4 members (excludes halogenated alkanes) is 2. The molecule has 2 heteroatoms. The minimum Gasteiger partial charge on any atom is -0.0654 e. The molecule has 0 amide bonds. The molecule has 0 nitrogen and oxygen atoms in total. The lowest BCUT2D eigenvalue weighted by Gasteiger charge is -2.16. The fourth-order valence-electron chi connectivity index (χ4n) is 4.59. The molecular formula is C28H36Br2. The lowest BCUT2D eigenvalue weighted by molar-refractivity contribution is 0.504. The Morgan fingerprint density at radius 3 is 1.43 bits per heavy atom. The van der Waals surface area contributed by atoms with Gasteiger partial charge in [0.25, 0.3) is 0 Å². The number of hydrogen-bond acceptors (Lipinski definition) is 0. The summed E-state index contributed by atoms with van der Waals surface area (Å²) in [5.41, 5.74) is 2.89. The van der Waals surface area contributed by atoms with E-state index in [4.69, 9.17) is 0 Å². The van der Waals surface area contributed by atoms with Crippen molar-refractivity contribution in [2.45, 2.75) is 79.1 Å². The van der Waals surface area contributed by atoms with Crippen molar-refractivity contribution in [3.8, 4) is 0 Å². The van der Waals surface area contributed by atoms with E-state index in [0.29, 0.717) is 0 Å². The summed E-state index contributed by atoms with van der Waals surface area (Å²) in [6, 6.07) is 14.0. The molecule has 0 heterocycles. The molecule has 3 rings (SSSR count). The maximum atomic E-state index is 3.98. The SMILES string of the molecule is CCCCC(C)Cc1ccc2c(Br)c3ccc(CC(C)CCCC)cc3c(Br)c2c1. The third-order valence-electron chi connectivity index (χ3n) is 6.38. The summed E-state index contributed by atoms with van der Waals surface area (Å²) in [6.07, 6.45) is 10.2. The Morgan fingerprint density at radius 1 is 0.633 bits per heavy atom. The van der Waals surface area contributed by atoms with Crippen LogP contribution >= 0.6 is 31.9 Å². The van der Waals surface area contributed by atoms with Crippen LogP contribution < -0.4 is 0 Å². The van der Waals surface area contributed by atoms with Crippen LogP contribution in [0.4, 0.5) is 0 Å². The molecule has 0 aromatic heterocycles. The fraction of sp³-hybridized carbons (Fsp3) is 0.500. The van der Waals surface area contributed by atoms with E-state index in [1.54, 1.807) is 0 Å². The molecule has 2 atom stereocenters.